The molecular formula is C11H10O2S2Se. The molecule has 0 unspecified atom stereocenters. The van der Waals surface area contributed by atoms with Crippen LogP contribution < -0.4 is 0 Å². The molecule has 0 amide bonds. The Labute approximate surface area is 109 Å². The van der Waals surface area contributed by atoms with Gasteiger partial charge in [0.25, 0.3) is 0 Å². The van der Waals surface area contributed by atoms with Gasteiger partial charge in [0, 0.05) is 0 Å². The summed E-state index contributed by atoms with van der Waals surface area (Å²) in [5.74, 6) is 0. The van der Waals surface area contributed by atoms with Gasteiger partial charge < -0.3 is 0 Å². The maximum atomic E-state index is 11.3. The Morgan fingerprint density at radius 1 is 1.25 bits per heavy atom. The molecule has 84 valence electrons. The summed E-state index contributed by atoms with van der Waals surface area (Å²) >= 11 is 2.50. The van der Waals surface area contributed by atoms with Crippen molar-refractivity contribution in [3.8, 4) is 0 Å². The molecule has 2 nitrogen and oxygen atoms in total. The fourth-order valence-corrected chi connectivity index (χ4v) is 5.04. The molecule has 0 fully saturated rings. The third-order valence-electron chi connectivity index (χ3n) is 1.56. The van der Waals surface area contributed by atoms with Crippen LogP contribution in [-0.2, 0) is 9.59 Å². The van der Waals surface area contributed by atoms with Crippen molar-refractivity contribution < 1.29 is 9.59 Å². The monoisotopic (exact) mass is 318 g/mol. The van der Waals surface area contributed by atoms with Crippen LogP contribution in [0, 0.1) is 0 Å². The second kappa shape index (κ2) is 6.97. The molecule has 0 radical (unpaired) electrons. The summed E-state index contributed by atoms with van der Waals surface area (Å²) in [5, 5.41) is -0.226. The standard InChI is InChI=1S/C11H10O2S2Se/c1-3-9(12)14-11(15-10(13)4-2)8-6-5-7-16-8/h3-7,11H,1-2H2. The summed E-state index contributed by atoms with van der Waals surface area (Å²) in [4.78, 5) is 24.7. The first kappa shape index (κ1) is 13.6. The van der Waals surface area contributed by atoms with Gasteiger partial charge in [0.15, 0.2) is 0 Å². The minimum atomic E-state index is -0.147. The molecule has 0 saturated carbocycles. The van der Waals surface area contributed by atoms with Crippen LogP contribution in [0.3, 0.4) is 0 Å². The van der Waals surface area contributed by atoms with E-state index in [1.54, 1.807) is 0 Å². The summed E-state index contributed by atoms with van der Waals surface area (Å²) in [6.07, 6.45) is 2.54. The average molecular weight is 317 g/mol. The predicted molar refractivity (Wildman–Crippen MR) is 71.7 cm³/mol. The van der Waals surface area contributed by atoms with E-state index in [2.05, 4.69) is 18.1 Å². The number of rotatable bonds is 5. The first-order valence-corrected chi connectivity index (χ1v) is 7.97. The van der Waals surface area contributed by atoms with Gasteiger partial charge in [-0.1, -0.05) is 0 Å². The molecule has 5 heteroatoms. The molecule has 0 saturated heterocycles. The van der Waals surface area contributed by atoms with E-state index >= 15 is 0 Å². The van der Waals surface area contributed by atoms with Crippen molar-refractivity contribution in [1.29, 1.82) is 0 Å². The third-order valence-corrected chi connectivity index (χ3v) is 6.51. The van der Waals surface area contributed by atoms with Crippen LogP contribution in [0.4, 0.5) is 0 Å². The fraction of sp³-hybridized carbons (Fsp3) is 0.0909. The van der Waals surface area contributed by atoms with Gasteiger partial charge in [-0.15, -0.1) is 0 Å². The number of hydrogen-bond donors (Lipinski definition) is 0. The molecule has 16 heavy (non-hydrogen) atoms. The SMILES string of the molecule is C=CC(=O)SC(SC(=O)C=C)c1ccc[se]1. The van der Waals surface area contributed by atoms with Crippen molar-refractivity contribution in [3.63, 3.8) is 0 Å². The zero-order valence-corrected chi connectivity index (χ0v) is 11.8. The van der Waals surface area contributed by atoms with Gasteiger partial charge in [-0.05, 0) is 0 Å². The molecule has 1 heterocycles. The molecular weight excluding hydrogens is 307 g/mol. The van der Waals surface area contributed by atoms with E-state index in [-0.39, 0.29) is 29.3 Å². The topological polar surface area (TPSA) is 34.1 Å². The van der Waals surface area contributed by atoms with E-state index in [0.717, 1.165) is 28.0 Å². The van der Waals surface area contributed by atoms with E-state index in [1.165, 1.54) is 12.2 Å². The van der Waals surface area contributed by atoms with Crippen LogP contribution in [0.2, 0.25) is 0 Å². The summed E-state index contributed by atoms with van der Waals surface area (Å²) in [6.45, 7) is 6.85. The van der Waals surface area contributed by atoms with Gasteiger partial charge in [0.05, 0.1) is 0 Å². The first-order chi connectivity index (χ1) is 7.67. The van der Waals surface area contributed by atoms with E-state index in [1.807, 2.05) is 12.1 Å². The third kappa shape index (κ3) is 4.18. The maximum absolute atomic E-state index is 11.3. The van der Waals surface area contributed by atoms with E-state index in [4.69, 9.17) is 0 Å². The Morgan fingerprint density at radius 3 is 2.19 bits per heavy atom. The summed E-state index contributed by atoms with van der Waals surface area (Å²) in [5.41, 5.74) is 0. The van der Waals surface area contributed by atoms with Crippen LogP contribution >= 0.6 is 23.5 Å². The minimum absolute atomic E-state index is 0.113. The number of carbonyl (C=O) groups is 2. The van der Waals surface area contributed by atoms with Crippen molar-refractivity contribution in [2.45, 2.75) is 4.58 Å². The molecule has 0 aliphatic rings. The van der Waals surface area contributed by atoms with Gasteiger partial charge in [-0.25, -0.2) is 0 Å². The van der Waals surface area contributed by atoms with Crippen molar-refractivity contribution in [3.05, 3.63) is 46.8 Å². The zero-order valence-electron chi connectivity index (χ0n) is 8.42. The van der Waals surface area contributed by atoms with Crippen molar-refractivity contribution >= 4 is 48.3 Å². The Balaban J connectivity index is 2.77. The Morgan fingerprint density at radius 2 is 1.81 bits per heavy atom. The predicted octanol–water partition coefficient (Wildman–Crippen LogP) is 2.63. The van der Waals surface area contributed by atoms with Crippen molar-refractivity contribution in [2.24, 2.45) is 0 Å². The number of carbonyl (C=O) groups excluding carboxylic acids is 2. The fourth-order valence-electron chi connectivity index (χ4n) is 0.873. The van der Waals surface area contributed by atoms with Gasteiger partial charge >= 0.3 is 109 Å². The van der Waals surface area contributed by atoms with Crippen LogP contribution in [-0.4, -0.2) is 24.7 Å². The molecule has 0 N–H and O–H groups in total. The number of hydrogen-bond acceptors (Lipinski definition) is 4. The van der Waals surface area contributed by atoms with Crippen LogP contribution in [0.25, 0.3) is 0 Å². The summed E-state index contributed by atoms with van der Waals surface area (Å²) in [7, 11) is 0. The summed E-state index contributed by atoms with van der Waals surface area (Å²) in [6, 6.07) is 3.93. The first-order valence-electron chi connectivity index (χ1n) is 4.37. The Kier molecular flexibility index (Phi) is 5.91. The zero-order chi connectivity index (χ0) is 12.0. The molecule has 0 atom stereocenters. The molecule has 0 bridgehead atoms. The molecule has 1 aromatic rings. The van der Waals surface area contributed by atoms with Crippen LogP contribution in [0.1, 0.15) is 9.02 Å². The quantitative estimate of drug-likeness (QED) is 0.475. The average Bonchev–Trinajstić information content (AvgIpc) is 2.81. The molecule has 0 aliphatic heterocycles. The molecule has 0 aliphatic carbocycles. The van der Waals surface area contributed by atoms with Crippen LogP contribution in [0.5, 0.6) is 0 Å². The van der Waals surface area contributed by atoms with Crippen molar-refractivity contribution in [2.75, 3.05) is 0 Å². The van der Waals surface area contributed by atoms with Gasteiger partial charge in [0.2, 0.25) is 0 Å². The van der Waals surface area contributed by atoms with Gasteiger partial charge in [0.1, 0.15) is 0 Å². The van der Waals surface area contributed by atoms with Crippen molar-refractivity contribution in [1.82, 2.24) is 0 Å². The van der Waals surface area contributed by atoms with E-state index in [0.29, 0.717) is 0 Å². The Hall–Kier alpha value is -0.481. The second-order valence-corrected chi connectivity index (χ2v) is 7.20. The van der Waals surface area contributed by atoms with Crippen LogP contribution in [0.15, 0.2) is 42.4 Å². The van der Waals surface area contributed by atoms with E-state index < -0.39 is 0 Å². The second-order valence-electron chi connectivity index (χ2n) is 2.63. The number of thioether (sulfide) groups is 2. The normalized spacial score (nSPS) is 10.1. The molecule has 1 aromatic heterocycles. The molecule has 1 rings (SSSR count). The van der Waals surface area contributed by atoms with Gasteiger partial charge in [-0.3, -0.25) is 0 Å². The molecule has 0 aromatic carbocycles. The molecule has 0 spiro atoms. The Bertz CT molecular complexity index is 376. The summed E-state index contributed by atoms with van der Waals surface area (Å²) < 4.78 is 0.985. The van der Waals surface area contributed by atoms with E-state index in [9.17, 15) is 9.59 Å². The van der Waals surface area contributed by atoms with Gasteiger partial charge in [-0.2, -0.15) is 0 Å².